The third-order valence-electron chi connectivity index (χ3n) is 3.12. The van der Waals surface area contributed by atoms with Gasteiger partial charge in [0.2, 0.25) is 0 Å². The molecule has 16 heavy (non-hydrogen) atoms. The average molecular weight is 220 g/mol. The van der Waals surface area contributed by atoms with Gasteiger partial charge in [0.05, 0.1) is 7.11 Å². The Morgan fingerprint density at radius 3 is 2.81 bits per heavy atom. The number of benzene rings is 1. The fraction of sp³-hybridized carbons (Fsp3) is 0.538. The monoisotopic (exact) mass is 220 g/mol. The van der Waals surface area contributed by atoms with E-state index in [2.05, 4.69) is 24.4 Å². The summed E-state index contributed by atoms with van der Waals surface area (Å²) in [5.41, 5.74) is 8.54. The number of rotatable bonds is 5. The number of nitrogens with two attached hydrogens (primary N) is 1. The lowest BCUT2D eigenvalue weighted by Gasteiger charge is -2.13. The van der Waals surface area contributed by atoms with Crippen molar-refractivity contribution in [1.82, 2.24) is 5.32 Å². The van der Waals surface area contributed by atoms with Crippen LogP contribution in [0.25, 0.3) is 0 Å². The van der Waals surface area contributed by atoms with Crippen LogP contribution in [0, 0.1) is 6.92 Å². The Morgan fingerprint density at radius 1 is 1.44 bits per heavy atom. The van der Waals surface area contributed by atoms with Gasteiger partial charge < -0.3 is 15.8 Å². The van der Waals surface area contributed by atoms with Crippen LogP contribution >= 0.6 is 0 Å². The van der Waals surface area contributed by atoms with E-state index in [4.69, 9.17) is 10.5 Å². The van der Waals surface area contributed by atoms with Crippen molar-refractivity contribution >= 4 is 0 Å². The molecule has 0 saturated heterocycles. The molecule has 2 rings (SSSR count). The number of methoxy groups -OCH3 is 1. The van der Waals surface area contributed by atoms with Crippen LogP contribution in [0.3, 0.4) is 0 Å². The van der Waals surface area contributed by atoms with Crippen molar-refractivity contribution in [3.05, 3.63) is 29.3 Å². The van der Waals surface area contributed by atoms with Crippen molar-refractivity contribution in [3.63, 3.8) is 0 Å². The smallest absolute Gasteiger partial charge is 0.123 e. The molecule has 3 nitrogen and oxygen atoms in total. The zero-order valence-electron chi connectivity index (χ0n) is 10.0. The standard InChI is InChI=1S/C13H20N2O/c1-10-3-4-12(16-2)11(7-10)8-15-9-13(14)5-6-13/h3-4,7,15H,5-6,8-9,14H2,1-2H3. The van der Waals surface area contributed by atoms with Crippen molar-refractivity contribution < 1.29 is 4.74 Å². The molecular formula is C13H20N2O. The van der Waals surface area contributed by atoms with E-state index < -0.39 is 0 Å². The predicted octanol–water partition coefficient (Wildman–Crippen LogP) is 1.58. The zero-order valence-corrected chi connectivity index (χ0v) is 10.0. The lowest BCUT2D eigenvalue weighted by Crippen LogP contribution is -2.35. The van der Waals surface area contributed by atoms with Crippen LogP contribution < -0.4 is 15.8 Å². The molecule has 0 atom stereocenters. The van der Waals surface area contributed by atoms with Crippen LogP contribution in [0.2, 0.25) is 0 Å². The summed E-state index contributed by atoms with van der Waals surface area (Å²) in [6.07, 6.45) is 2.29. The van der Waals surface area contributed by atoms with E-state index >= 15 is 0 Å². The Morgan fingerprint density at radius 2 is 2.19 bits per heavy atom. The minimum Gasteiger partial charge on any atom is -0.496 e. The molecular weight excluding hydrogens is 200 g/mol. The van der Waals surface area contributed by atoms with Gasteiger partial charge in [0.25, 0.3) is 0 Å². The van der Waals surface area contributed by atoms with Crippen molar-refractivity contribution in [2.75, 3.05) is 13.7 Å². The summed E-state index contributed by atoms with van der Waals surface area (Å²) in [5.74, 6) is 0.944. The van der Waals surface area contributed by atoms with Crippen molar-refractivity contribution in [3.8, 4) is 5.75 Å². The van der Waals surface area contributed by atoms with Gasteiger partial charge in [0.15, 0.2) is 0 Å². The van der Waals surface area contributed by atoms with E-state index in [-0.39, 0.29) is 5.54 Å². The molecule has 3 heteroatoms. The molecule has 0 heterocycles. The molecule has 1 saturated carbocycles. The number of nitrogens with one attached hydrogen (secondary N) is 1. The first-order chi connectivity index (χ1) is 7.63. The van der Waals surface area contributed by atoms with Gasteiger partial charge in [-0.1, -0.05) is 17.7 Å². The molecule has 0 radical (unpaired) electrons. The lowest BCUT2D eigenvalue weighted by atomic mass is 10.1. The number of ether oxygens (including phenoxy) is 1. The van der Waals surface area contributed by atoms with Crippen LogP contribution in [0.15, 0.2) is 18.2 Å². The molecule has 0 unspecified atom stereocenters. The van der Waals surface area contributed by atoms with E-state index in [0.29, 0.717) is 0 Å². The number of hydrogen-bond acceptors (Lipinski definition) is 3. The Balaban J connectivity index is 1.94. The topological polar surface area (TPSA) is 47.3 Å². The zero-order chi connectivity index (χ0) is 11.6. The van der Waals surface area contributed by atoms with E-state index in [9.17, 15) is 0 Å². The molecule has 0 aromatic heterocycles. The second kappa shape index (κ2) is 4.44. The van der Waals surface area contributed by atoms with E-state index in [1.165, 1.54) is 11.1 Å². The van der Waals surface area contributed by atoms with Crippen molar-refractivity contribution in [2.24, 2.45) is 5.73 Å². The highest BCUT2D eigenvalue weighted by atomic mass is 16.5. The number of hydrogen-bond donors (Lipinski definition) is 2. The maximum Gasteiger partial charge on any atom is 0.123 e. The van der Waals surface area contributed by atoms with E-state index in [1.54, 1.807) is 7.11 Å². The van der Waals surface area contributed by atoms with Crippen LogP contribution in [0.5, 0.6) is 5.75 Å². The summed E-state index contributed by atoms with van der Waals surface area (Å²) in [6.45, 7) is 3.81. The Bertz CT molecular complexity index is 372. The maximum absolute atomic E-state index is 6.02. The summed E-state index contributed by atoms with van der Waals surface area (Å²) < 4.78 is 5.33. The largest absolute Gasteiger partial charge is 0.496 e. The highest BCUT2D eigenvalue weighted by molar-refractivity contribution is 5.36. The highest BCUT2D eigenvalue weighted by Crippen LogP contribution is 2.31. The van der Waals surface area contributed by atoms with Crippen LogP contribution in [-0.4, -0.2) is 19.2 Å². The quantitative estimate of drug-likeness (QED) is 0.792. The molecule has 1 aromatic carbocycles. The normalized spacial score (nSPS) is 17.2. The van der Waals surface area contributed by atoms with Gasteiger partial charge in [-0.3, -0.25) is 0 Å². The fourth-order valence-electron chi connectivity index (χ4n) is 1.83. The Labute approximate surface area is 97.0 Å². The molecule has 88 valence electrons. The molecule has 0 bridgehead atoms. The summed E-state index contributed by atoms with van der Waals surface area (Å²) in [7, 11) is 1.71. The van der Waals surface area contributed by atoms with Crippen molar-refractivity contribution in [2.45, 2.75) is 31.8 Å². The first-order valence-electron chi connectivity index (χ1n) is 5.76. The van der Waals surface area contributed by atoms with Gasteiger partial charge in [-0.25, -0.2) is 0 Å². The van der Waals surface area contributed by atoms with Gasteiger partial charge in [0.1, 0.15) is 5.75 Å². The molecule has 1 aromatic rings. The molecule has 0 aliphatic heterocycles. The van der Waals surface area contributed by atoms with Gasteiger partial charge in [-0.15, -0.1) is 0 Å². The summed E-state index contributed by atoms with van der Waals surface area (Å²) >= 11 is 0. The Hall–Kier alpha value is -1.06. The lowest BCUT2D eigenvalue weighted by molar-refractivity contribution is 0.407. The Kier molecular flexibility index (Phi) is 3.17. The first kappa shape index (κ1) is 11.4. The molecule has 3 N–H and O–H groups in total. The SMILES string of the molecule is COc1ccc(C)cc1CNCC1(N)CC1. The fourth-order valence-corrected chi connectivity index (χ4v) is 1.83. The highest BCUT2D eigenvalue weighted by Gasteiger charge is 2.37. The first-order valence-corrected chi connectivity index (χ1v) is 5.76. The third-order valence-corrected chi connectivity index (χ3v) is 3.12. The minimum atomic E-state index is 0.0665. The molecule has 1 aliphatic carbocycles. The second-order valence-electron chi connectivity index (χ2n) is 4.78. The van der Waals surface area contributed by atoms with Gasteiger partial charge in [-0.2, -0.15) is 0 Å². The third kappa shape index (κ3) is 2.74. The van der Waals surface area contributed by atoms with Gasteiger partial charge >= 0.3 is 0 Å². The molecule has 0 spiro atoms. The van der Waals surface area contributed by atoms with Crippen molar-refractivity contribution in [1.29, 1.82) is 0 Å². The molecule has 1 aliphatic rings. The van der Waals surface area contributed by atoms with Crippen LogP contribution in [0.1, 0.15) is 24.0 Å². The summed E-state index contributed by atoms with van der Waals surface area (Å²) in [5, 5.41) is 3.40. The van der Waals surface area contributed by atoms with Gasteiger partial charge in [0, 0.05) is 24.2 Å². The van der Waals surface area contributed by atoms with E-state index in [0.717, 1.165) is 31.7 Å². The minimum absolute atomic E-state index is 0.0665. The van der Waals surface area contributed by atoms with Gasteiger partial charge in [-0.05, 0) is 25.8 Å². The van der Waals surface area contributed by atoms with Crippen LogP contribution in [0.4, 0.5) is 0 Å². The van der Waals surface area contributed by atoms with E-state index in [1.807, 2.05) is 6.07 Å². The summed E-state index contributed by atoms with van der Waals surface area (Å²) in [6, 6.07) is 6.23. The second-order valence-corrected chi connectivity index (χ2v) is 4.78. The number of aryl methyl sites for hydroxylation is 1. The summed E-state index contributed by atoms with van der Waals surface area (Å²) in [4.78, 5) is 0. The van der Waals surface area contributed by atoms with Crippen LogP contribution in [-0.2, 0) is 6.54 Å². The average Bonchev–Trinajstić information content (AvgIpc) is 2.97. The molecule has 0 amide bonds. The predicted molar refractivity (Wildman–Crippen MR) is 65.6 cm³/mol. The maximum atomic E-state index is 6.02. The molecule has 1 fully saturated rings.